The Hall–Kier alpha value is -1.26. The largest absolute Gasteiger partial charge is 0.410 e. The van der Waals surface area contributed by atoms with Crippen LogP contribution in [0.3, 0.4) is 0 Å². The van der Waals surface area contributed by atoms with Gasteiger partial charge in [0, 0.05) is 25.9 Å². The quantitative estimate of drug-likeness (QED) is 0.132. The number of fused-ring (bicyclic) bond motifs is 1. The van der Waals surface area contributed by atoms with E-state index in [0.29, 0.717) is 18.8 Å². The van der Waals surface area contributed by atoms with E-state index in [2.05, 4.69) is 106 Å². The maximum absolute atomic E-state index is 13.3. The Balaban J connectivity index is 2.12. The number of hydrogen-bond acceptors (Lipinski definition) is 4. The van der Waals surface area contributed by atoms with E-state index in [1.165, 1.54) is 12.8 Å². The second kappa shape index (κ2) is 13.9. The highest BCUT2D eigenvalue weighted by Crippen LogP contribution is 2.56. The minimum Gasteiger partial charge on any atom is -0.410 e. The van der Waals surface area contributed by atoms with Crippen LogP contribution >= 0.6 is 0 Å². The zero-order chi connectivity index (χ0) is 35.1. The fraction of sp³-hybridized carbons (Fsp3) is 0.769. The number of allylic oxidation sites excluding steroid dienone is 5. The number of carbonyl (C=O) groups is 1. The smallest absolute Gasteiger partial charge is 0.248 e. The zero-order valence-corrected chi connectivity index (χ0v) is 34.4. The van der Waals surface area contributed by atoms with Gasteiger partial charge in [-0.1, -0.05) is 91.3 Å². The van der Waals surface area contributed by atoms with Crippen molar-refractivity contribution >= 4 is 22.5 Å². The summed E-state index contributed by atoms with van der Waals surface area (Å²) in [6, 6.07) is 0.0933. The van der Waals surface area contributed by atoms with Crippen LogP contribution < -0.4 is 0 Å². The zero-order valence-electron chi connectivity index (χ0n) is 32.4. The van der Waals surface area contributed by atoms with E-state index in [9.17, 15) is 4.79 Å². The molecule has 4 atom stereocenters. The summed E-state index contributed by atoms with van der Waals surface area (Å²) in [6.07, 6.45) is 14.0. The second-order valence-electron chi connectivity index (χ2n) is 18.0. The Bertz CT molecular complexity index is 1230. The van der Waals surface area contributed by atoms with Crippen LogP contribution in [0.15, 0.2) is 47.1 Å². The highest BCUT2D eigenvalue weighted by atomic mass is 28.4. The maximum Gasteiger partial charge on any atom is 0.248 e. The van der Waals surface area contributed by atoms with Crippen molar-refractivity contribution < 1.29 is 18.4 Å². The van der Waals surface area contributed by atoms with Crippen LogP contribution in [0, 0.1) is 11.3 Å². The Kier molecular flexibility index (Phi) is 11.9. The molecule has 3 aliphatic carbocycles. The number of carbonyl (C=O) groups excluding carboxylic acids is 1. The van der Waals surface area contributed by atoms with Gasteiger partial charge in [-0.15, -0.1) is 0 Å². The summed E-state index contributed by atoms with van der Waals surface area (Å²) in [5, 5.41) is 0.00649. The maximum atomic E-state index is 13.3. The summed E-state index contributed by atoms with van der Waals surface area (Å²) in [4.78, 5) is 15.1. The SMILES string of the molecule is C=C1C(=CC=C2CCC[C@]3(C)C(CC)=CC[C@@H]23)C[C@@](OCC(=O)N(C)C(C)C)(O[Si](C)(C)C(C)(C)C)C[C@@H]1O[Si](C)(C)C(C)(C)C. The van der Waals surface area contributed by atoms with Gasteiger partial charge in [-0.3, -0.25) is 4.79 Å². The van der Waals surface area contributed by atoms with Crippen LogP contribution in [0.1, 0.15) is 114 Å². The van der Waals surface area contributed by atoms with Crippen molar-refractivity contribution in [2.24, 2.45) is 11.3 Å². The van der Waals surface area contributed by atoms with Crippen LogP contribution in [0.4, 0.5) is 0 Å². The first-order valence-electron chi connectivity index (χ1n) is 18.0. The molecule has 0 aromatic rings. The molecule has 1 amide bonds. The standard InChI is InChI=1S/C39H69NO4Si2/c1-17-32-22-23-33-30(19-18-24-38(32,33)11)20-21-31-25-39(44-46(15,16)37(8,9)10,42-27-35(41)40(12)28(2)3)26-34(29(31)4)43-45(13,14)36(5,6)7/h20-22,28,33-34H,4,17-19,23-27H2,1-3,5-16H3/t33-,34-,38+,39+/m0/s1. The predicted octanol–water partition coefficient (Wildman–Crippen LogP) is 10.7. The monoisotopic (exact) mass is 671 g/mol. The van der Waals surface area contributed by atoms with Gasteiger partial charge in [-0.05, 0) is 105 Å². The highest BCUT2D eigenvalue weighted by Gasteiger charge is 2.52. The van der Waals surface area contributed by atoms with E-state index in [1.54, 1.807) is 16.0 Å². The number of rotatable bonds is 10. The van der Waals surface area contributed by atoms with Gasteiger partial charge in [-0.25, -0.2) is 0 Å². The minimum absolute atomic E-state index is 0.0249. The first-order chi connectivity index (χ1) is 20.9. The molecule has 0 N–H and O–H groups in total. The second-order valence-corrected chi connectivity index (χ2v) is 27.5. The van der Waals surface area contributed by atoms with E-state index in [0.717, 1.165) is 30.4 Å². The molecule has 7 heteroatoms. The molecule has 46 heavy (non-hydrogen) atoms. The summed E-state index contributed by atoms with van der Waals surface area (Å²) in [6.45, 7) is 36.3. The van der Waals surface area contributed by atoms with Crippen molar-refractivity contribution in [2.45, 2.75) is 168 Å². The predicted molar refractivity (Wildman–Crippen MR) is 200 cm³/mol. The van der Waals surface area contributed by atoms with Crippen LogP contribution in [-0.2, 0) is 18.4 Å². The van der Waals surface area contributed by atoms with Crippen LogP contribution in [0.5, 0.6) is 0 Å². The summed E-state index contributed by atoms with van der Waals surface area (Å²) in [5.41, 5.74) is 5.61. The fourth-order valence-electron chi connectivity index (χ4n) is 6.98. The third kappa shape index (κ3) is 8.30. The van der Waals surface area contributed by atoms with Gasteiger partial charge in [0.05, 0.1) is 6.10 Å². The lowest BCUT2D eigenvalue weighted by Gasteiger charge is -2.51. The lowest BCUT2D eigenvalue weighted by Crippen LogP contribution is -2.57. The molecule has 3 aliphatic rings. The molecular formula is C39H69NO4Si2. The van der Waals surface area contributed by atoms with Crippen molar-refractivity contribution in [1.82, 2.24) is 4.90 Å². The number of ether oxygens (including phenoxy) is 1. The molecular weight excluding hydrogens is 603 g/mol. The molecule has 5 nitrogen and oxygen atoms in total. The van der Waals surface area contributed by atoms with Crippen molar-refractivity contribution in [1.29, 1.82) is 0 Å². The lowest BCUT2D eigenvalue weighted by molar-refractivity contribution is -0.211. The molecule has 2 saturated carbocycles. The Morgan fingerprint density at radius 3 is 2.24 bits per heavy atom. The number of nitrogens with zero attached hydrogens (tertiary/aromatic N) is 1. The molecule has 0 aromatic heterocycles. The normalized spacial score (nSPS) is 29.8. The Labute approximate surface area is 285 Å². The first kappa shape index (κ1) is 39.2. The third-order valence-electron chi connectivity index (χ3n) is 12.5. The van der Waals surface area contributed by atoms with Gasteiger partial charge >= 0.3 is 0 Å². The van der Waals surface area contributed by atoms with E-state index < -0.39 is 22.4 Å². The molecule has 0 aliphatic heterocycles. The summed E-state index contributed by atoms with van der Waals surface area (Å²) >= 11 is 0. The molecule has 0 aromatic carbocycles. The van der Waals surface area contributed by atoms with E-state index >= 15 is 0 Å². The van der Waals surface area contributed by atoms with Crippen molar-refractivity contribution in [3.05, 3.63) is 47.1 Å². The fourth-order valence-corrected chi connectivity index (χ4v) is 9.72. The third-order valence-corrected chi connectivity index (χ3v) is 21.4. The van der Waals surface area contributed by atoms with Crippen LogP contribution in [0.25, 0.3) is 0 Å². The first-order valence-corrected chi connectivity index (χ1v) is 23.8. The summed E-state index contributed by atoms with van der Waals surface area (Å²) in [5.74, 6) is -0.451. The molecule has 0 unspecified atom stereocenters. The van der Waals surface area contributed by atoms with Gasteiger partial charge in [-0.2, -0.15) is 0 Å². The van der Waals surface area contributed by atoms with Gasteiger partial charge in [0.1, 0.15) is 6.61 Å². The Morgan fingerprint density at radius 1 is 1.09 bits per heavy atom. The molecule has 2 fully saturated rings. The van der Waals surface area contributed by atoms with Crippen molar-refractivity contribution in [3.63, 3.8) is 0 Å². The lowest BCUT2D eigenvalue weighted by atomic mass is 9.64. The number of likely N-dealkylation sites (N-methyl/N-ethyl adjacent to an activating group) is 1. The van der Waals surface area contributed by atoms with Crippen LogP contribution in [-0.4, -0.2) is 59.0 Å². The molecule has 0 bridgehead atoms. The van der Waals surface area contributed by atoms with Gasteiger partial charge in [0.2, 0.25) is 5.91 Å². The molecule has 262 valence electrons. The molecule has 3 rings (SSSR count). The van der Waals surface area contributed by atoms with E-state index in [1.807, 2.05) is 20.9 Å². The Morgan fingerprint density at radius 2 is 1.70 bits per heavy atom. The van der Waals surface area contributed by atoms with Gasteiger partial charge < -0.3 is 18.5 Å². The number of hydrogen-bond donors (Lipinski definition) is 0. The summed E-state index contributed by atoms with van der Waals surface area (Å²) < 4.78 is 21.3. The van der Waals surface area contributed by atoms with Crippen molar-refractivity contribution in [2.75, 3.05) is 13.7 Å². The van der Waals surface area contributed by atoms with E-state index in [-0.39, 0.29) is 40.2 Å². The minimum atomic E-state index is -2.33. The molecule has 0 heterocycles. The number of amides is 1. The van der Waals surface area contributed by atoms with Gasteiger partial charge in [0.25, 0.3) is 0 Å². The molecule has 0 radical (unpaired) electrons. The average molecular weight is 672 g/mol. The topological polar surface area (TPSA) is 48.0 Å². The van der Waals surface area contributed by atoms with Crippen molar-refractivity contribution in [3.8, 4) is 0 Å². The van der Waals surface area contributed by atoms with Crippen LogP contribution in [0.2, 0.25) is 36.3 Å². The summed E-state index contributed by atoms with van der Waals surface area (Å²) in [7, 11) is -2.66. The molecule has 0 saturated heterocycles. The highest BCUT2D eigenvalue weighted by molar-refractivity contribution is 6.74. The average Bonchev–Trinajstić information content (AvgIpc) is 3.27. The molecule has 0 spiro atoms. The van der Waals surface area contributed by atoms with E-state index in [4.69, 9.17) is 13.6 Å². The van der Waals surface area contributed by atoms with Gasteiger partial charge in [0.15, 0.2) is 22.4 Å².